The second-order valence-electron chi connectivity index (χ2n) is 6.54. The Labute approximate surface area is 161 Å². The largest absolute Gasteiger partial charge is 0.461 e. The Morgan fingerprint density at radius 2 is 1.93 bits per heavy atom. The Hall–Kier alpha value is -2.53. The topological polar surface area (TPSA) is 142 Å². The number of hydrogen-bond acceptors (Lipinski definition) is 10. The van der Waals surface area contributed by atoms with E-state index in [1.807, 2.05) is 0 Å². The van der Waals surface area contributed by atoms with E-state index in [2.05, 4.69) is 20.3 Å². The van der Waals surface area contributed by atoms with Crippen molar-refractivity contribution < 1.29 is 28.7 Å². The maximum atomic E-state index is 12.4. The zero-order valence-electron chi connectivity index (χ0n) is 16.1. The molecule has 1 rings (SSSR count). The molecule has 0 spiro atoms. The smallest absolute Gasteiger partial charge is 0.362 e. The van der Waals surface area contributed by atoms with E-state index in [0.717, 1.165) is 11.3 Å². The number of aromatic nitrogens is 1. The number of anilines is 1. The molecule has 0 bridgehead atoms. The summed E-state index contributed by atoms with van der Waals surface area (Å²) in [5, 5.41) is 7.62. The van der Waals surface area contributed by atoms with Crippen molar-refractivity contribution >= 4 is 40.0 Å². The molecule has 1 atom stereocenters. The Morgan fingerprint density at radius 1 is 1.30 bits per heavy atom. The van der Waals surface area contributed by atoms with E-state index >= 15 is 0 Å². The van der Waals surface area contributed by atoms with Gasteiger partial charge in [-0.15, -0.1) is 11.3 Å². The number of hydrogen-bond donors (Lipinski definition) is 2. The molecule has 3 N–H and O–H groups in total. The van der Waals surface area contributed by atoms with Gasteiger partial charge in [0.05, 0.1) is 6.61 Å². The lowest BCUT2D eigenvalue weighted by molar-refractivity contribution is -0.162. The Kier molecular flexibility index (Phi) is 7.43. The minimum Gasteiger partial charge on any atom is -0.461 e. The number of ether oxygens (including phenoxy) is 2. The normalized spacial score (nSPS) is 14.1. The first kappa shape index (κ1) is 22.5. The van der Waals surface area contributed by atoms with Crippen LogP contribution in [-0.2, 0) is 28.7 Å². The zero-order valence-corrected chi connectivity index (χ0v) is 16.9. The lowest BCUT2D eigenvalue weighted by atomic mass is 10.0. The number of thiazole rings is 1. The fourth-order valence-electron chi connectivity index (χ4n) is 1.62. The lowest BCUT2D eigenvalue weighted by Crippen LogP contribution is -2.57. The van der Waals surface area contributed by atoms with Crippen molar-refractivity contribution in [1.29, 1.82) is 0 Å². The summed E-state index contributed by atoms with van der Waals surface area (Å²) in [6.45, 7) is 8.03. The van der Waals surface area contributed by atoms with Gasteiger partial charge in [0.25, 0.3) is 5.91 Å². The second-order valence-corrected chi connectivity index (χ2v) is 7.40. The summed E-state index contributed by atoms with van der Waals surface area (Å²) in [5.74, 6) is -2.41. The molecule has 0 unspecified atom stereocenters. The minimum atomic E-state index is -1.93. The zero-order chi connectivity index (χ0) is 20.8. The molecule has 1 aromatic heterocycles. The molecule has 0 aliphatic heterocycles. The third-order valence-electron chi connectivity index (χ3n) is 2.91. The van der Waals surface area contributed by atoms with Crippen LogP contribution in [0, 0.1) is 0 Å². The molecule has 0 fully saturated rings. The number of nitrogens with one attached hydrogen (secondary N) is 1. The number of carbonyl (C=O) groups is 3. The number of esters is 2. The van der Waals surface area contributed by atoms with Gasteiger partial charge in [-0.3, -0.25) is 10.1 Å². The summed E-state index contributed by atoms with van der Waals surface area (Å²) in [4.78, 5) is 45.2. The van der Waals surface area contributed by atoms with Crippen LogP contribution in [-0.4, -0.2) is 53.4 Å². The Balaban J connectivity index is 2.95. The first-order chi connectivity index (χ1) is 12.4. The van der Waals surface area contributed by atoms with Crippen molar-refractivity contribution in [3.63, 3.8) is 0 Å². The lowest BCUT2D eigenvalue weighted by Gasteiger charge is -2.27. The average Bonchev–Trinajstić information content (AvgIpc) is 2.99. The SMILES string of the molecule is CCOC(=O)C(=NOC)c1csc(NC(=O)[C@](C)(N)C(=O)OC(C)(C)C)n1. The van der Waals surface area contributed by atoms with Crippen molar-refractivity contribution in [2.75, 3.05) is 19.0 Å². The highest BCUT2D eigenvalue weighted by atomic mass is 32.1. The van der Waals surface area contributed by atoms with Crippen LogP contribution in [0.5, 0.6) is 0 Å². The fourth-order valence-corrected chi connectivity index (χ4v) is 2.31. The molecule has 1 heterocycles. The average molecular weight is 400 g/mol. The van der Waals surface area contributed by atoms with Crippen molar-refractivity contribution in [3.05, 3.63) is 11.1 Å². The molecule has 11 heteroatoms. The first-order valence-corrected chi connectivity index (χ1v) is 8.88. The Bertz CT molecular complexity index is 736. The quantitative estimate of drug-likeness (QED) is 0.299. The van der Waals surface area contributed by atoms with Crippen LogP contribution >= 0.6 is 11.3 Å². The van der Waals surface area contributed by atoms with Crippen LogP contribution < -0.4 is 11.1 Å². The maximum Gasteiger partial charge on any atom is 0.362 e. The highest BCUT2D eigenvalue weighted by Crippen LogP contribution is 2.19. The van der Waals surface area contributed by atoms with Gasteiger partial charge in [0, 0.05) is 5.38 Å². The van der Waals surface area contributed by atoms with Crippen LogP contribution in [0.2, 0.25) is 0 Å². The number of rotatable bonds is 7. The molecule has 0 aromatic carbocycles. The van der Waals surface area contributed by atoms with Gasteiger partial charge in [0.2, 0.25) is 5.71 Å². The van der Waals surface area contributed by atoms with Gasteiger partial charge in [-0.2, -0.15) is 0 Å². The van der Waals surface area contributed by atoms with E-state index in [0.29, 0.717) is 0 Å². The molecule has 0 saturated carbocycles. The molecule has 0 aliphatic rings. The number of nitrogens with two attached hydrogens (primary N) is 1. The Morgan fingerprint density at radius 3 is 2.44 bits per heavy atom. The van der Waals surface area contributed by atoms with E-state index < -0.39 is 29.0 Å². The maximum absolute atomic E-state index is 12.4. The molecule has 1 amide bonds. The molecule has 150 valence electrons. The van der Waals surface area contributed by atoms with Crippen LogP contribution in [0.4, 0.5) is 5.13 Å². The van der Waals surface area contributed by atoms with Gasteiger partial charge in [0.1, 0.15) is 18.4 Å². The predicted molar refractivity (Wildman–Crippen MR) is 99.4 cm³/mol. The van der Waals surface area contributed by atoms with Gasteiger partial charge in [-0.1, -0.05) is 5.16 Å². The monoisotopic (exact) mass is 400 g/mol. The van der Waals surface area contributed by atoms with Gasteiger partial charge in [0.15, 0.2) is 10.7 Å². The summed E-state index contributed by atoms with van der Waals surface area (Å²) < 4.78 is 10.0. The minimum absolute atomic E-state index is 0.114. The number of amides is 1. The van der Waals surface area contributed by atoms with Crippen LogP contribution in [0.25, 0.3) is 0 Å². The third kappa shape index (κ3) is 6.29. The molecule has 1 aromatic rings. The number of nitrogens with zero attached hydrogens (tertiary/aromatic N) is 2. The van der Waals surface area contributed by atoms with E-state index in [-0.39, 0.29) is 23.1 Å². The van der Waals surface area contributed by atoms with Gasteiger partial charge < -0.3 is 20.0 Å². The predicted octanol–water partition coefficient (Wildman–Crippen LogP) is 1.05. The standard InChI is InChI=1S/C16H24N4O6S/c1-7-25-11(21)10(20-24-6)9-8-27-14(18-9)19-12(22)16(5,17)13(23)26-15(2,3)4/h8H,7,17H2,1-6H3,(H,18,19,22)/t16-/m0/s1. The van der Waals surface area contributed by atoms with E-state index in [1.54, 1.807) is 27.7 Å². The van der Waals surface area contributed by atoms with Gasteiger partial charge in [-0.05, 0) is 34.6 Å². The highest BCUT2D eigenvalue weighted by molar-refractivity contribution is 7.14. The van der Waals surface area contributed by atoms with Crippen molar-refractivity contribution in [1.82, 2.24) is 4.98 Å². The van der Waals surface area contributed by atoms with E-state index in [9.17, 15) is 14.4 Å². The van der Waals surface area contributed by atoms with Crippen molar-refractivity contribution in [3.8, 4) is 0 Å². The van der Waals surface area contributed by atoms with E-state index in [4.69, 9.17) is 15.2 Å². The number of oxime groups is 1. The third-order valence-corrected chi connectivity index (χ3v) is 3.67. The molecular weight excluding hydrogens is 376 g/mol. The fraction of sp³-hybridized carbons (Fsp3) is 0.562. The summed E-state index contributed by atoms with van der Waals surface area (Å²) in [5.41, 5.74) is 3.10. The summed E-state index contributed by atoms with van der Waals surface area (Å²) in [7, 11) is 1.27. The molecular formula is C16H24N4O6S. The molecule has 27 heavy (non-hydrogen) atoms. The van der Waals surface area contributed by atoms with Crippen LogP contribution in [0.15, 0.2) is 10.5 Å². The van der Waals surface area contributed by atoms with Crippen molar-refractivity contribution in [2.45, 2.75) is 45.8 Å². The second kappa shape index (κ2) is 8.91. The highest BCUT2D eigenvalue weighted by Gasteiger charge is 2.41. The van der Waals surface area contributed by atoms with E-state index in [1.165, 1.54) is 19.4 Å². The molecule has 0 saturated heterocycles. The van der Waals surface area contributed by atoms with Gasteiger partial charge in [-0.25, -0.2) is 14.6 Å². The molecule has 0 radical (unpaired) electrons. The molecule has 0 aliphatic carbocycles. The summed E-state index contributed by atoms with van der Waals surface area (Å²) in [6.07, 6.45) is 0. The summed E-state index contributed by atoms with van der Waals surface area (Å²) >= 11 is 1.01. The first-order valence-electron chi connectivity index (χ1n) is 8.00. The molecule has 10 nitrogen and oxygen atoms in total. The van der Waals surface area contributed by atoms with Crippen molar-refractivity contribution in [2.24, 2.45) is 10.9 Å². The van der Waals surface area contributed by atoms with Gasteiger partial charge >= 0.3 is 11.9 Å². The van der Waals surface area contributed by atoms with Crippen LogP contribution in [0.1, 0.15) is 40.3 Å². The number of carbonyl (C=O) groups excluding carboxylic acids is 3. The van der Waals surface area contributed by atoms with Crippen LogP contribution in [0.3, 0.4) is 0 Å². The summed E-state index contributed by atoms with van der Waals surface area (Å²) in [6, 6.07) is 0.